The summed E-state index contributed by atoms with van der Waals surface area (Å²) in [5.74, 6) is -0.904. The highest BCUT2D eigenvalue weighted by Gasteiger charge is 2.27. The molecular weight excluding hydrogens is 357 g/mol. The van der Waals surface area contributed by atoms with E-state index in [1.165, 1.54) is 6.07 Å². The van der Waals surface area contributed by atoms with E-state index in [1.807, 2.05) is 22.8 Å². The van der Waals surface area contributed by atoms with Gasteiger partial charge in [-0.15, -0.1) is 0 Å². The zero-order valence-corrected chi connectivity index (χ0v) is 12.3. The van der Waals surface area contributed by atoms with E-state index >= 15 is 0 Å². The van der Waals surface area contributed by atoms with E-state index in [1.54, 1.807) is 0 Å². The summed E-state index contributed by atoms with van der Waals surface area (Å²) in [7, 11) is 0. The number of nitrogens with zero attached hydrogens (tertiary/aromatic N) is 1. The van der Waals surface area contributed by atoms with Gasteiger partial charge in [-0.3, -0.25) is 9.59 Å². The van der Waals surface area contributed by atoms with E-state index in [9.17, 15) is 9.59 Å². The number of carbonyl (C=O) groups is 1. The summed E-state index contributed by atoms with van der Waals surface area (Å²) < 4.78 is 3.04. The van der Waals surface area contributed by atoms with Gasteiger partial charge in [0.15, 0.2) is 5.43 Å². The molecule has 0 bridgehead atoms. The quantitative estimate of drug-likeness (QED) is 0.847. The molecule has 1 fully saturated rings. The third-order valence-corrected chi connectivity index (χ3v) is 4.01. The molecule has 1 aliphatic carbocycles. The standard InChI is InChI=1S/C14H12INO3/c15-8-1-4-12-11(5-8)13(17)6-10(7-14(18)19)16(12)9-2-3-9/h1,4-6,9H,2-3,7H2,(H,18,19). The molecule has 1 aliphatic rings. The van der Waals surface area contributed by atoms with Crippen LogP contribution in [0.4, 0.5) is 0 Å². The molecule has 1 N–H and O–H groups in total. The fourth-order valence-electron chi connectivity index (χ4n) is 2.42. The van der Waals surface area contributed by atoms with Crippen LogP contribution < -0.4 is 5.43 Å². The first kappa shape index (κ1) is 12.7. The van der Waals surface area contributed by atoms with Crippen LogP contribution in [0.3, 0.4) is 0 Å². The number of halogens is 1. The number of carboxylic acids is 1. The summed E-state index contributed by atoms with van der Waals surface area (Å²) >= 11 is 2.18. The van der Waals surface area contributed by atoms with Crippen molar-refractivity contribution in [3.63, 3.8) is 0 Å². The Balaban J connectivity index is 2.32. The average molecular weight is 369 g/mol. The first-order valence-electron chi connectivity index (χ1n) is 6.12. The van der Waals surface area contributed by atoms with Crippen molar-refractivity contribution in [1.82, 2.24) is 4.57 Å². The molecule has 0 radical (unpaired) electrons. The maximum absolute atomic E-state index is 12.1. The summed E-state index contributed by atoms with van der Waals surface area (Å²) in [4.78, 5) is 23.1. The number of aliphatic carboxylic acids is 1. The second-order valence-corrected chi connectivity index (χ2v) is 6.08. The Morgan fingerprint density at radius 2 is 2.11 bits per heavy atom. The number of benzene rings is 1. The topological polar surface area (TPSA) is 59.3 Å². The number of hydrogen-bond acceptors (Lipinski definition) is 2. The molecule has 0 amide bonds. The van der Waals surface area contributed by atoms with Gasteiger partial charge >= 0.3 is 5.97 Å². The van der Waals surface area contributed by atoms with Crippen molar-refractivity contribution in [3.8, 4) is 0 Å². The summed E-state index contributed by atoms with van der Waals surface area (Å²) in [6, 6.07) is 7.55. The van der Waals surface area contributed by atoms with Crippen LogP contribution in [0, 0.1) is 3.57 Å². The lowest BCUT2D eigenvalue weighted by Crippen LogP contribution is -2.16. The fourth-order valence-corrected chi connectivity index (χ4v) is 2.92. The van der Waals surface area contributed by atoms with Crippen molar-refractivity contribution < 1.29 is 9.90 Å². The molecule has 0 unspecified atom stereocenters. The van der Waals surface area contributed by atoms with Crippen molar-refractivity contribution in [2.75, 3.05) is 0 Å². The molecule has 1 aromatic carbocycles. The molecule has 3 rings (SSSR count). The Kier molecular flexibility index (Phi) is 3.08. The number of pyridine rings is 1. The predicted molar refractivity (Wildman–Crippen MR) is 80.5 cm³/mol. The van der Waals surface area contributed by atoms with Crippen LogP contribution in [0.15, 0.2) is 29.1 Å². The summed E-state index contributed by atoms with van der Waals surface area (Å²) in [5, 5.41) is 9.66. The highest BCUT2D eigenvalue weighted by molar-refractivity contribution is 14.1. The number of carboxylic acid groups (broad SMARTS) is 1. The second kappa shape index (κ2) is 4.63. The molecule has 98 valence electrons. The maximum Gasteiger partial charge on any atom is 0.309 e. The van der Waals surface area contributed by atoms with E-state index < -0.39 is 5.97 Å². The van der Waals surface area contributed by atoms with Gasteiger partial charge in [-0.25, -0.2) is 0 Å². The zero-order chi connectivity index (χ0) is 13.6. The van der Waals surface area contributed by atoms with Crippen molar-refractivity contribution >= 4 is 39.5 Å². The fraction of sp³-hybridized carbons (Fsp3) is 0.286. The third-order valence-electron chi connectivity index (χ3n) is 3.34. The summed E-state index contributed by atoms with van der Waals surface area (Å²) in [6.45, 7) is 0. The van der Waals surface area contributed by atoms with Gasteiger partial charge in [0.05, 0.1) is 11.9 Å². The largest absolute Gasteiger partial charge is 0.481 e. The van der Waals surface area contributed by atoms with Gasteiger partial charge < -0.3 is 9.67 Å². The number of fused-ring (bicyclic) bond motifs is 1. The molecular formula is C14H12INO3. The van der Waals surface area contributed by atoms with E-state index in [4.69, 9.17) is 5.11 Å². The molecule has 2 aromatic rings. The average Bonchev–Trinajstić information content (AvgIpc) is 3.13. The van der Waals surface area contributed by atoms with Crippen molar-refractivity contribution in [1.29, 1.82) is 0 Å². The smallest absolute Gasteiger partial charge is 0.309 e. The van der Waals surface area contributed by atoms with Crippen molar-refractivity contribution in [3.05, 3.63) is 43.8 Å². The van der Waals surface area contributed by atoms with Crippen LogP contribution in [-0.4, -0.2) is 15.6 Å². The van der Waals surface area contributed by atoms with Gasteiger partial charge in [-0.2, -0.15) is 0 Å². The van der Waals surface area contributed by atoms with Gasteiger partial charge in [0, 0.05) is 26.8 Å². The molecule has 0 aliphatic heterocycles. The lowest BCUT2D eigenvalue weighted by atomic mass is 10.1. The molecule has 5 heteroatoms. The Morgan fingerprint density at radius 1 is 1.37 bits per heavy atom. The summed E-state index contributed by atoms with van der Waals surface area (Å²) in [6.07, 6.45) is 2.00. The number of hydrogen-bond donors (Lipinski definition) is 1. The van der Waals surface area contributed by atoms with Crippen LogP contribution in [0.5, 0.6) is 0 Å². The van der Waals surface area contributed by atoms with E-state index in [0.29, 0.717) is 17.1 Å². The van der Waals surface area contributed by atoms with Gasteiger partial charge in [0.2, 0.25) is 0 Å². The van der Waals surface area contributed by atoms with Gasteiger partial charge in [0.1, 0.15) is 0 Å². The van der Waals surface area contributed by atoms with E-state index in [-0.39, 0.29) is 11.8 Å². The Bertz CT molecular complexity index is 731. The SMILES string of the molecule is O=C(O)Cc1cc(=O)c2cc(I)ccc2n1C1CC1. The Morgan fingerprint density at radius 3 is 2.74 bits per heavy atom. The highest BCUT2D eigenvalue weighted by Crippen LogP contribution is 2.38. The van der Waals surface area contributed by atoms with Crippen molar-refractivity contribution in [2.45, 2.75) is 25.3 Å². The minimum Gasteiger partial charge on any atom is -0.481 e. The Hall–Kier alpha value is -1.37. The molecule has 0 spiro atoms. The highest BCUT2D eigenvalue weighted by atomic mass is 127. The molecule has 4 nitrogen and oxygen atoms in total. The van der Waals surface area contributed by atoms with Crippen LogP contribution in [0.2, 0.25) is 0 Å². The van der Waals surface area contributed by atoms with Gasteiger partial charge in [-0.05, 0) is 53.6 Å². The van der Waals surface area contributed by atoms with Gasteiger partial charge in [-0.1, -0.05) is 0 Å². The molecule has 0 atom stereocenters. The lowest BCUT2D eigenvalue weighted by molar-refractivity contribution is -0.136. The third kappa shape index (κ3) is 2.39. The van der Waals surface area contributed by atoms with Crippen LogP contribution in [0.25, 0.3) is 10.9 Å². The first-order valence-corrected chi connectivity index (χ1v) is 7.19. The zero-order valence-electron chi connectivity index (χ0n) is 10.1. The molecule has 1 heterocycles. The minimum absolute atomic E-state index is 0.0957. The second-order valence-electron chi connectivity index (χ2n) is 4.83. The molecule has 1 aromatic heterocycles. The van der Waals surface area contributed by atoms with E-state index in [0.717, 1.165) is 21.9 Å². The maximum atomic E-state index is 12.1. The molecule has 1 saturated carbocycles. The predicted octanol–water partition coefficient (Wildman–Crippen LogP) is 2.57. The van der Waals surface area contributed by atoms with Crippen LogP contribution in [0.1, 0.15) is 24.6 Å². The van der Waals surface area contributed by atoms with Crippen molar-refractivity contribution in [2.24, 2.45) is 0 Å². The number of aromatic nitrogens is 1. The van der Waals surface area contributed by atoms with Gasteiger partial charge in [0.25, 0.3) is 0 Å². The Labute approximate surface area is 123 Å². The summed E-state index contributed by atoms with van der Waals surface area (Å²) in [5.41, 5.74) is 1.36. The van der Waals surface area contributed by atoms with Crippen LogP contribution in [-0.2, 0) is 11.2 Å². The van der Waals surface area contributed by atoms with E-state index in [2.05, 4.69) is 22.6 Å². The first-order chi connectivity index (χ1) is 9.06. The monoisotopic (exact) mass is 369 g/mol. The normalized spacial score (nSPS) is 14.8. The van der Waals surface area contributed by atoms with Crippen LogP contribution >= 0.6 is 22.6 Å². The number of rotatable bonds is 3. The molecule has 0 saturated heterocycles. The minimum atomic E-state index is -0.904. The molecule has 19 heavy (non-hydrogen) atoms. The lowest BCUT2D eigenvalue weighted by Gasteiger charge is -2.15.